The Labute approximate surface area is 146 Å². The summed E-state index contributed by atoms with van der Waals surface area (Å²) in [5.74, 6) is 0.461. The van der Waals surface area contributed by atoms with Gasteiger partial charge in [0.15, 0.2) is 10.9 Å². The summed E-state index contributed by atoms with van der Waals surface area (Å²) < 4.78 is 5.10. The van der Waals surface area contributed by atoms with Crippen molar-refractivity contribution in [3.63, 3.8) is 0 Å². The molecular weight excluding hydrogens is 341 g/mol. The zero-order valence-electron chi connectivity index (χ0n) is 12.4. The molecule has 4 nitrogen and oxygen atoms in total. The highest BCUT2D eigenvalue weighted by Gasteiger charge is 2.13. The van der Waals surface area contributed by atoms with Crippen LogP contribution in [0.4, 0.5) is 0 Å². The molecule has 0 bridgehead atoms. The van der Waals surface area contributed by atoms with Crippen LogP contribution < -0.4 is 15.5 Å². The first kappa shape index (κ1) is 17.3. The van der Waals surface area contributed by atoms with Crippen LogP contribution >= 0.6 is 35.4 Å². The normalized spacial score (nSPS) is 15.8. The zero-order chi connectivity index (χ0) is 15.9. The van der Waals surface area contributed by atoms with Gasteiger partial charge in [0.1, 0.15) is 0 Å². The Hall–Kier alpha value is -1.04. The first-order valence-corrected chi connectivity index (χ1v) is 8.39. The lowest BCUT2D eigenvalue weighted by atomic mass is 9.96. The number of benzene rings is 1. The summed E-state index contributed by atoms with van der Waals surface area (Å²) in [6.07, 6.45) is 7.77. The topological polar surface area (TPSA) is 45.6 Å². The van der Waals surface area contributed by atoms with Crippen LogP contribution in [0.25, 0.3) is 0 Å². The van der Waals surface area contributed by atoms with Gasteiger partial charge < -0.3 is 10.1 Å². The van der Waals surface area contributed by atoms with E-state index in [0.29, 0.717) is 26.9 Å². The molecule has 2 rings (SSSR count). The molecule has 2 N–H and O–H groups in total. The molecule has 1 fully saturated rings. The third-order valence-electron chi connectivity index (χ3n) is 3.54. The van der Waals surface area contributed by atoms with Crippen LogP contribution in [0.1, 0.15) is 37.7 Å². The van der Waals surface area contributed by atoms with Crippen LogP contribution in [0, 0.1) is 0 Å². The van der Waals surface area contributed by atoms with Gasteiger partial charge in [-0.2, -0.15) is 5.10 Å². The van der Waals surface area contributed by atoms with E-state index in [1.165, 1.54) is 26.4 Å². The van der Waals surface area contributed by atoms with Gasteiger partial charge in [0.25, 0.3) is 0 Å². The number of ether oxygens (including phenoxy) is 1. The maximum atomic E-state index is 6.08. The summed E-state index contributed by atoms with van der Waals surface area (Å²) in [4.78, 5) is 0. The van der Waals surface area contributed by atoms with Crippen LogP contribution in [0.2, 0.25) is 10.0 Å². The van der Waals surface area contributed by atoms with Crippen molar-refractivity contribution in [2.75, 3.05) is 7.11 Å². The average molecular weight is 360 g/mol. The molecule has 0 saturated heterocycles. The summed E-state index contributed by atoms with van der Waals surface area (Å²) in [6.45, 7) is 0. The lowest BCUT2D eigenvalue weighted by Crippen LogP contribution is -2.40. The Kier molecular flexibility index (Phi) is 6.73. The lowest BCUT2D eigenvalue weighted by molar-refractivity contribution is 0.412. The fourth-order valence-electron chi connectivity index (χ4n) is 2.48. The van der Waals surface area contributed by atoms with Crippen molar-refractivity contribution in [2.45, 2.75) is 38.1 Å². The highest BCUT2D eigenvalue weighted by molar-refractivity contribution is 7.80. The molecule has 0 unspecified atom stereocenters. The first-order valence-electron chi connectivity index (χ1n) is 7.22. The molecule has 22 heavy (non-hydrogen) atoms. The van der Waals surface area contributed by atoms with Crippen molar-refractivity contribution < 1.29 is 4.74 Å². The molecule has 0 atom stereocenters. The molecule has 1 saturated carbocycles. The van der Waals surface area contributed by atoms with Gasteiger partial charge in [-0.05, 0) is 42.8 Å². The molecular formula is C15H19Cl2N3OS. The highest BCUT2D eigenvalue weighted by atomic mass is 35.5. The number of hydrogen-bond acceptors (Lipinski definition) is 3. The molecule has 7 heteroatoms. The number of hydrazone groups is 1. The van der Waals surface area contributed by atoms with Crippen LogP contribution in [-0.4, -0.2) is 24.5 Å². The Morgan fingerprint density at radius 2 is 1.91 bits per heavy atom. The van der Waals surface area contributed by atoms with Crippen LogP contribution in [0.3, 0.4) is 0 Å². The van der Waals surface area contributed by atoms with Crippen molar-refractivity contribution in [1.82, 2.24) is 10.7 Å². The largest absolute Gasteiger partial charge is 0.494 e. The van der Waals surface area contributed by atoms with Crippen LogP contribution in [-0.2, 0) is 0 Å². The van der Waals surface area contributed by atoms with Gasteiger partial charge in [0.05, 0.1) is 23.4 Å². The number of nitrogens with one attached hydrogen (secondary N) is 2. The molecule has 1 aliphatic carbocycles. The predicted octanol–water partition coefficient (Wildman–Crippen LogP) is 4.13. The number of methoxy groups -OCH3 is 1. The van der Waals surface area contributed by atoms with Crippen molar-refractivity contribution >= 4 is 46.7 Å². The summed E-state index contributed by atoms with van der Waals surface area (Å²) in [5, 5.41) is 8.81. The molecule has 1 aromatic rings. The molecule has 0 amide bonds. The average Bonchev–Trinajstić information content (AvgIpc) is 2.48. The van der Waals surface area contributed by atoms with Crippen molar-refractivity contribution in [3.05, 3.63) is 27.7 Å². The smallest absolute Gasteiger partial charge is 0.187 e. The molecule has 0 radical (unpaired) electrons. The minimum Gasteiger partial charge on any atom is -0.494 e. The molecule has 1 aromatic carbocycles. The summed E-state index contributed by atoms with van der Waals surface area (Å²) in [5.41, 5.74) is 3.59. The van der Waals surface area contributed by atoms with E-state index in [1.54, 1.807) is 18.3 Å². The van der Waals surface area contributed by atoms with Gasteiger partial charge in [-0.15, -0.1) is 0 Å². The van der Waals surface area contributed by atoms with E-state index in [2.05, 4.69) is 15.8 Å². The lowest BCUT2D eigenvalue weighted by Gasteiger charge is -2.23. The maximum Gasteiger partial charge on any atom is 0.187 e. The maximum absolute atomic E-state index is 6.08. The van der Waals surface area contributed by atoms with Gasteiger partial charge in [-0.3, -0.25) is 5.43 Å². The van der Waals surface area contributed by atoms with Gasteiger partial charge in [-0.1, -0.05) is 42.5 Å². The molecule has 1 aliphatic rings. The molecule has 0 spiro atoms. The van der Waals surface area contributed by atoms with Crippen LogP contribution in [0.15, 0.2) is 17.2 Å². The third-order valence-corrected chi connectivity index (χ3v) is 4.32. The number of rotatable bonds is 4. The first-order chi connectivity index (χ1) is 10.6. The number of nitrogens with zero attached hydrogens (tertiary/aromatic N) is 1. The summed E-state index contributed by atoms with van der Waals surface area (Å²) in [7, 11) is 1.53. The molecule has 0 aromatic heterocycles. The molecule has 120 valence electrons. The van der Waals surface area contributed by atoms with Crippen molar-refractivity contribution in [1.29, 1.82) is 0 Å². The minimum atomic E-state index is 0.444. The van der Waals surface area contributed by atoms with Gasteiger partial charge in [-0.25, -0.2) is 0 Å². The molecule has 0 aliphatic heterocycles. The standard InChI is InChI=1S/C15H19Cl2N3OS/c1-21-14-12(16)7-10(8-13(14)17)9-18-20-15(22)19-11-5-3-2-4-6-11/h7-9,11H,2-6H2,1H3,(H2,19,20,22)/b18-9-. The molecule has 0 heterocycles. The summed E-state index contributed by atoms with van der Waals surface area (Å²) in [6, 6.07) is 3.92. The second-order valence-electron chi connectivity index (χ2n) is 5.20. The minimum absolute atomic E-state index is 0.444. The van der Waals surface area contributed by atoms with Gasteiger partial charge >= 0.3 is 0 Å². The Morgan fingerprint density at radius 1 is 1.27 bits per heavy atom. The van der Waals surface area contributed by atoms with E-state index in [-0.39, 0.29) is 0 Å². The number of hydrogen-bond donors (Lipinski definition) is 2. The number of thiocarbonyl (C=S) groups is 1. The van der Waals surface area contributed by atoms with Gasteiger partial charge in [0.2, 0.25) is 0 Å². The monoisotopic (exact) mass is 359 g/mol. The van der Waals surface area contributed by atoms with Crippen molar-refractivity contribution in [3.8, 4) is 5.75 Å². The van der Waals surface area contributed by atoms with Gasteiger partial charge in [0, 0.05) is 6.04 Å². The van der Waals surface area contributed by atoms with E-state index in [4.69, 9.17) is 40.2 Å². The van der Waals surface area contributed by atoms with E-state index < -0.39 is 0 Å². The highest BCUT2D eigenvalue weighted by Crippen LogP contribution is 2.33. The van der Waals surface area contributed by atoms with Crippen LogP contribution in [0.5, 0.6) is 5.75 Å². The van der Waals surface area contributed by atoms with E-state index in [1.807, 2.05) is 0 Å². The fraction of sp³-hybridized carbons (Fsp3) is 0.467. The number of halogens is 2. The Balaban J connectivity index is 1.87. The Bertz CT molecular complexity index is 537. The van der Waals surface area contributed by atoms with E-state index >= 15 is 0 Å². The fourth-order valence-corrected chi connectivity index (χ4v) is 3.36. The van der Waals surface area contributed by atoms with E-state index in [0.717, 1.165) is 18.4 Å². The second-order valence-corrected chi connectivity index (χ2v) is 6.42. The van der Waals surface area contributed by atoms with E-state index in [9.17, 15) is 0 Å². The van der Waals surface area contributed by atoms with Crippen molar-refractivity contribution in [2.24, 2.45) is 5.10 Å². The third kappa shape index (κ3) is 5.00. The quantitative estimate of drug-likeness (QED) is 0.481. The predicted molar refractivity (Wildman–Crippen MR) is 96.4 cm³/mol. The zero-order valence-corrected chi connectivity index (χ0v) is 14.7. The Morgan fingerprint density at radius 3 is 2.50 bits per heavy atom. The summed E-state index contributed by atoms with van der Waals surface area (Å²) >= 11 is 17.4. The SMILES string of the molecule is COc1c(Cl)cc(/C=N\NC(=S)NC2CCCCC2)cc1Cl. The second kappa shape index (κ2) is 8.56.